The maximum atomic E-state index is 12.3. The summed E-state index contributed by atoms with van der Waals surface area (Å²) in [4.78, 5) is 12.3. The lowest BCUT2D eigenvalue weighted by Gasteiger charge is -2.30. The number of nitrogens with two attached hydrogens (primary N) is 1. The van der Waals surface area contributed by atoms with Crippen molar-refractivity contribution < 1.29 is 9.53 Å². The van der Waals surface area contributed by atoms with Crippen LogP contribution in [0.2, 0.25) is 0 Å². The molecule has 0 fully saturated rings. The fourth-order valence-electron chi connectivity index (χ4n) is 2.56. The first-order valence-electron chi connectivity index (χ1n) is 7.84. The quantitative estimate of drug-likeness (QED) is 0.735. The Bertz CT molecular complexity index is 432. The third kappa shape index (κ3) is 5.88. The van der Waals surface area contributed by atoms with Gasteiger partial charge in [-0.25, -0.2) is 0 Å². The molecule has 1 unspecified atom stereocenters. The van der Waals surface area contributed by atoms with Crippen molar-refractivity contribution in [2.75, 3.05) is 13.2 Å². The molecule has 1 aromatic rings. The highest BCUT2D eigenvalue weighted by Gasteiger charge is 2.24. The summed E-state index contributed by atoms with van der Waals surface area (Å²) in [7, 11) is 0. The van der Waals surface area contributed by atoms with Crippen LogP contribution in [-0.2, 0) is 0 Å². The Balaban J connectivity index is 2.59. The zero-order valence-corrected chi connectivity index (χ0v) is 13.8. The summed E-state index contributed by atoms with van der Waals surface area (Å²) in [5, 5.41) is 0. The van der Waals surface area contributed by atoms with E-state index in [1.165, 1.54) is 0 Å². The van der Waals surface area contributed by atoms with Gasteiger partial charge in [0.2, 0.25) is 0 Å². The van der Waals surface area contributed by atoms with Crippen molar-refractivity contribution in [3.05, 3.63) is 29.8 Å². The SMILES string of the molecule is CCOc1ccc(C(=O)CCC(CCN)C(C)(C)C)cc1. The highest BCUT2D eigenvalue weighted by atomic mass is 16.5. The molecule has 0 aromatic heterocycles. The molecule has 21 heavy (non-hydrogen) atoms. The van der Waals surface area contributed by atoms with Crippen LogP contribution < -0.4 is 10.5 Å². The molecule has 0 saturated heterocycles. The van der Waals surface area contributed by atoms with Crippen LogP contribution in [0, 0.1) is 11.3 Å². The number of carbonyl (C=O) groups is 1. The minimum atomic E-state index is 0.193. The van der Waals surface area contributed by atoms with Gasteiger partial charge < -0.3 is 10.5 Å². The van der Waals surface area contributed by atoms with E-state index in [2.05, 4.69) is 20.8 Å². The second-order valence-electron chi connectivity index (χ2n) is 6.56. The van der Waals surface area contributed by atoms with Crippen LogP contribution in [0.4, 0.5) is 0 Å². The number of ether oxygens (including phenoxy) is 1. The zero-order valence-electron chi connectivity index (χ0n) is 13.8. The van der Waals surface area contributed by atoms with E-state index in [-0.39, 0.29) is 11.2 Å². The molecule has 118 valence electrons. The van der Waals surface area contributed by atoms with Crippen molar-refractivity contribution >= 4 is 5.78 Å². The lowest BCUT2D eigenvalue weighted by molar-refractivity contribution is 0.0957. The number of hydrogen-bond acceptors (Lipinski definition) is 3. The molecule has 0 amide bonds. The molecule has 0 spiro atoms. The topological polar surface area (TPSA) is 52.3 Å². The van der Waals surface area contributed by atoms with Gasteiger partial charge in [-0.05, 0) is 61.9 Å². The van der Waals surface area contributed by atoms with Crippen molar-refractivity contribution in [1.29, 1.82) is 0 Å². The van der Waals surface area contributed by atoms with E-state index >= 15 is 0 Å². The van der Waals surface area contributed by atoms with E-state index in [0.29, 0.717) is 25.5 Å². The molecule has 1 atom stereocenters. The predicted molar refractivity (Wildman–Crippen MR) is 87.8 cm³/mol. The van der Waals surface area contributed by atoms with Gasteiger partial charge in [-0.1, -0.05) is 20.8 Å². The lowest BCUT2D eigenvalue weighted by Crippen LogP contribution is -2.24. The molecule has 0 radical (unpaired) electrons. The molecule has 0 aliphatic heterocycles. The smallest absolute Gasteiger partial charge is 0.162 e. The number of hydrogen-bond donors (Lipinski definition) is 1. The van der Waals surface area contributed by atoms with Crippen molar-refractivity contribution in [3.63, 3.8) is 0 Å². The van der Waals surface area contributed by atoms with E-state index in [4.69, 9.17) is 10.5 Å². The van der Waals surface area contributed by atoms with Crippen LogP contribution in [0.15, 0.2) is 24.3 Å². The molecule has 0 aliphatic carbocycles. The summed E-state index contributed by atoms with van der Waals surface area (Å²) in [5.74, 6) is 1.49. The van der Waals surface area contributed by atoms with Gasteiger partial charge in [0.15, 0.2) is 5.78 Å². The van der Waals surface area contributed by atoms with Gasteiger partial charge in [-0.15, -0.1) is 0 Å². The first kappa shape index (κ1) is 17.7. The second-order valence-corrected chi connectivity index (χ2v) is 6.56. The van der Waals surface area contributed by atoms with Crippen LogP contribution in [0.25, 0.3) is 0 Å². The molecule has 0 saturated carbocycles. The number of rotatable bonds is 8. The highest BCUT2D eigenvalue weighted by Crippen LogP contribution is 2.32. The molecule has 2 N–H and O–H groups in total. The standard InChI is InChI=1S/C18H29NO2/c1-5-21-16-9-6-14(7-10-16)17(20)11-8-15(12-13-19)18(2,3)4/h6-7,9-10,15H,5,8,11-13,19H2,1-4H3. The molecular weight excluding hydrogens is 262 g/mol. The number of ketones is 1. The molecule has 0 heterocycles. The third-order valence-corrected chi connectivity index (χ3v) is 3.95. The molecular formula is C18H29NO2. The minimum Gasteiger partial charge on any atom is -0.494 e. The van der Waals surface area contributed by atoms with Gasteiger partial charge in [0.1, 0.15) is 5.75 Å². The summed E-state index contributed by atoms with van der Waals surface area (Å²) in [6.45, 7) is 9.92. The number of Topliss-reactive ketones (excluding diaryl/α,β-unsaturated/α-hetero) is 1. The molecule has 0 bridgehead atoms. The van der Waals surface area contributed by atoms with E-state index in [0.717, 1.165) is 24.2 Å². The Morgan fingerprint density at radius 3 is 2.29 bits per heavy atom. The molecule has 0 aliphatic rings. The maximum absolute atomic E-state index is 12.3. The van der Waals surface area contributed by atoms with Crippen LogP contribution in [0.5, 0.6) is 5.75 Å². The van der Waals surface area contributed by atoms with E-state index < -0.39 is 0 Å². The van der Waals surface area contributed by atoms with E-state index in [1.807, 2.05) is 31.2 Å². The average molecular weight is 291 g/mol. The summed E-state index contributed by atoms with van der Waals surface area (Å²) in [6, 6.07) is 7.42. The number of carbonyl (C=O) groups excluding carboxylic acids is 1. The number of benzene rings is 1. The fraction of sp³-hybridized carbons (Fsp3) is 0.611. The van der Waals surface area contributed by atoms with Gasteiger partial charge in [0, 0.05) is 12.0 Å². The van der Waals surface area contributed by atoms with Gasteiger partial charge in [-0.2, -0.15) is 0 Å². The van der Waals surface area contributed by atoms with Crippen LogP contribution in [0.1, 0.15) is 57.3 Å². The molecule has 3 heteroatoms. The van der Waals surface area contributed by atoms with E-state index in [9.17, 15) is 4.79 Å². The zero-order chi connectivity index (χ0) is 15.9. The second kappa shape index (κ2) is 8.18. The van der Waals surface area contributed by atoms with E-state index in [1.54, 1.807) is 0 Å². The van der Waals surface area contributed by atoms with Crippen molar-refractivity contribution in [1.82, 2.24) is 0 Å². The Morgan fingerprint density at radius 1 is 1.19 bits per heavy atom. The monoisotopic (exact) mass is 291 g/mol. The lowest BCUT2D eigenvalue weighted by atomic mass is 9.76. The van der Waals surface area contributed by atoms with Gasteiger partial charge in [-0.3, -0.25) is 4.79 Å². The van der Waals surface area contributed by atoms with Gasteiger partial charge >= 0.3 is 0 Å². The average Bonchev–Trinajstić information content (AvgIpc) is 2.43. The Kier molecular flexibility index (Phi) is 6.90. The molecule has 1 aromatic carbocycles. The Labute approximate surface area is 128 Å². The van der Waals surface area contributed by atoms with Crippen LogP contribution in [-0.4, -0.2) is 18.9 Å². The van der Waals surface area contributed by atoms with Crippen molar-refractivity contribution in [2.24, 2.45) is 17.1 Å². The van der Waals surface area contributed by atoms with Crippen LogP contribution >= 0.6 is 0 Å². The third-order valence-electron chi connectivity index (χ3n) is 3.95. The summed E-state index contributed by atoms with van der Waals surface area (Å²) >= 11 is 0. The predicted octanol–water partition coefficient (Wildman–Crippen LogP) is 4.06. The highest BCUT2D eigenvalue weighted by molar-refractivity contribution is 5.96. The first-order chi connectivity index (χ1) is 9.88. The Hall–Kier alpha value is -1.35. The molecule has 3 nitrogen and oxygen atoms in total. The molecule has 1 rings (SSSR count). The van der Waals surface area contributed by atoms with Crippen LogP contribution in [0.3, 0.4) is 0 Å². The summed E-state index contributed by atoms with van der Waals surface area (Å²) < 4.78 is 5.39. The van der Waals surface area contributed by atoms with Crippen molar-refractivity contribution in [2.45, 2.75) is 47.0 Å². The minimum absolute atomic E-state index is 0.193. The first-order valence-corrected chi connectivity index (χ1v) is 7.84. The fourth-order valence-corrected chi connectivity index (χ4v) is 2.56. The summed E-state index contributed by atoms with van der Waals surface area (Å²) in [6.07, 6.45) is 2.45. The summed E-state index contributed by atoms with van der Waals surface area (Å²) in [5.41, 5.74) is 6.65. The van der Waals surface area contributed by atoms with Gasteiger partial charge in [0.25, 0.3) is 0 Å². The van der Waals surface area contributed by atoms with Gasteiger partial charge in [0.05, 0.1) is 6.61 Å². The largest absolute Gasteiger partial charge is 0.494 e. The van der Waals surface area contributed by atoms with Crippen molar-refractivity contribution in [3.8, 4) is 5.75 Å². The normalized spacial score (nSPS) is 13.0. The maximum Gasteiger partial charge on any atom is 0.162 e. The Morgan fingerprint density at radius 2 is 1.81 bits per heavy atom.